The monoisotopic (exact) mass is 170 g/mol. The van der Waals surface area contributed by atoms with Gasteiger partial charge in [0.25, 0.3) is 0 Å². The molecule has 0 N–H and O–H groups in total. The zero-order chi connectivity index (χ0) is 8.65. The zero-order valence-electron chi connectivity index (χ0n) is 7.63. The minimum atomic E-state index is 0.574. The van der Waals surface area contributed by atoms with Crippen LogP contribution in [0.5, 0.6) is 0 Å². The average molecular weight is 170 g/mol. The van der Waals surface area contributed by atoms with E-state index in [1.165, 1.54) is 31.9 Å². The van der Waals surface area contributed by atoms with Crippen LogP contribution in [0.4, 0.5) is 0 Å². The highest BCUT2D eigenvalue weighted by Gasteiger charge is 2.16. The van der Waals surface area contributed by atoms with Gasteiger partial charge in [-0.05, 0) is 25.7 Å². The summed E-state index contributed by atoms with van der Waals surface area (Å²) in [6, 6.07) is 0. The highest BCUT2D eigenvalue weighted by Crippen LogP contribution is 2.17. The van der Waals surface area contributed by atoms with Crippen molar-refractivity contribution in [2.24, 2.45) is 0 Å². The van der Waals surface area contributed by atoms with Crippen molar-refractivity contribution in [1.82, 2.24) is 0 Å². The summed E-state index contributed by atoms with van der Waals surface area (Å²) in [7, 11) is 0. The lowest BCUT2D eigenvalue weighted by Crippen LogP contribution is -2.26. The van der Waals surface area contributed by atoms with E-state index in [0.29, 0.717) is 6.10 Å². The number of rotatable bonds is 7. The summed E-state index contributed by atoms with van der Waals surface area (Å²) in [6.07, 6.45) is 8.23. The predicted molar refractivity (Wildman–Crippen MR) is 49.0 cm³/mol. The minimum absolute atomic E-state index is 0.574. The van der Waals surface area contributed by atoms with Crippen LogP contribution >= 0.6 is 0 Å². The van der Waals surface area contributed by atoms with E-state index in [0.717, 1.165) is 19.6 Å². The Morgan fingerprint density at radius 2 is 2.25 bits per heavy atom. The standard InChI is InChI=1S/C10H18O2/c1-2-11-8-5-3-4-6-10-7-9-12-10/h2,10H,1,3-9H2. The Labute approximate surface area is 74.6 Å². The van der Waals surface area contributed by atoms with Gasteiger partial charge in [-0.3, -0.25) is 0 Å². The molecule has 1 atom stereocenters. The topological polar surface area (TPSA) is 18.5 Å². The number of hydrogen-bond donors (Lipinski definition) is 0. The van der Waals surface area contributed by atoms with Crippen LogP contribution in [0.3, 0.4) is 0 Å². The Morgan fingerprint density at radius 3 is 2.83 bits per heavy atom. The van der Waals surface area contributed by atoms with Crippen molar-refractivity contribution in [3.63, 3.8) is 0 Å². The van der Waals surface area contributed by atoms with E-state index in [4.69, 9.17) is 9.47 Å². The van der Waals surface area contributed by atoms with Gasteiger partial charge in [-0.2, -0.15) is 0 Å². The van der Waals surface area contributed by atoms with Crippen LogP contribution in [0, 0.1) is 0 Å². The molecule has 1 heterocycles. The summed E-state index contributed by atoms with van der Waals surface area (Å²) >= 11 is 0. The fourth-order valence-corrected chi connectivity index (χ4v) is 1.33. The van der Waals surface area contributed by atoms with Gasteiger partial charge in [-0.15, -0.1) is 0 Å². The van der Waals surface area contributed by atoms with Crippen molar-refractivity contribution in [3.05, 3.63) is 12.8 Å². The molecule has 0 radical (unpaired) electrons. The molecular formula is C10H18O2. The van der Waals surface area contributed by atoms with Gasteiger partial charge in [0, 0.05) is 6.61 Å². The Hall–Kier alpha value is -0.500. The van der Waals surface area contributed by atoms with E-state index < -0.39 is 0 Å². The largest absolute Gasteiger partial charge is 0.502 e. The summed E-state index contributed by atoms with van der Waals surface area (Å²) in [5, 5.41) is 0. The molecule has 1 saturated heterocycles. The normalized spacial score (nSPS) is 21.5. The molecule has 0 spiro atoms. The molecule has 0 aromatic heterocycles. The first kappa shape index (κ1) is 9.59. The fourth-order valence-electron chi connectivity index (χ4n) is 1.33. The third-order valence-electron chi connectivity index (χ3n) is 2.20. The lowest BCUT2D eigenvalue weighted by atomic mass is 10.1. The molecule has 1 unspecified atom stereocenters. The zero-order valence-corrected chi connectivity index (χ0v) is 7.63. The van der Waals surface area contributed by atoms with E-state index in [-0.39, 0.29) is 0 Å². The van der Waals surface area contributed by atoms with E-state index in [1.54, 1.807) is 0 Å². The molecule has 0 saturated carbocycles. The van der Waals surface area contributed by atoms with Crippen LogP contribution in [0.25, 0.3) is 0 Å². The molecule has 0 aliphatic carbocycles. The first-order valence-corrected chi connectivity index (χ1v) is 4.77. The quantitative estimate of drug-likeness (QED) is 0.431. The highest BCUT2D eigenvalue weighted by atomic mass is 16.5. The maximum atomic E-state index is 5.31. The van der Waals surface area contributed by atoms with Crippen molar-refractivity contribution < 1.29 is 9.47 Å². The van der Waals surface area contributed by atoms with E-state index >= 15 is 0 Å². The molecule has 0 bridgehead atoms. The maximum absolute atomic E-state index is 5.31. The van der Waals surface area contributed by atoms with Gasteiger partial charge in [0.05, 0.1) is 19.0 Å². The van der Waals surface area contributed by atoms with Crippen LogP contribution in [-0.4, -0.2) is 19.3 Å². The lowest BCUT2D eigenvalue weighted by Gasteiger charge is -2.26. The van der Waals surface area contributed by atoms with Gasteiger partial charge >= 0.3 is 0 Å². The lowest BCUT2D eigenvalue weighted by molar-refractivity contribution is -0.0556. The summed E-state index contributed by atoms with van der Waals surface area (Å²) in [4.78, 5) is 0. The Morgan fingerprint density at radius 1 is 1.42 bits per heavy atom. The van der Waals surface area contributed by atoms with Crippen LogP contribution < -0.4 is 0 Å². The van der Waals surface area contributed by atoms with Gasteiger partial charge < -0.3 is 9.47 Å². The molecule has 12 heavy (non-hydrogen) atoms. The molecule has 70 valence electrons. The van der Waals surface area contributed by atoms with E-state index in [9.17, 15) is 0 Å². The second kappa shape index (κ2) is 6.06. The molecule has 1 aliphatic rings. The molecule has 0 amide bonds. The minimum Gasteiger partial charge on any atom is -0.502 e. The average Bonchev–Trinajstić information content (AvgIpc) is 2.00. The molecule has 2 heteroatoms. The molecule has 2 nitrogen and oxygen atoms in total. The number of ether oxygens (including phenoxy) is 2. The Balaban J connectivity index is 1.73. The van der Waals surface area contributed by atoms with Gasteiger partial charge in [0.2, 0.25) is 0 Å². The maximum Gasteiger partial charge on any atom is 0.0873 e. The third-order valence-corrected chi connectivity index (χ3v) is 2.20. The van der Waals surface area contributed by atoms with Crippen LogP contribution in [0.15, 0.2) is 12.8 Å². The molecule has 1 fully saturated rings. The van der Waals surface area contributed by atoms with Crippen molar-refractivity contribution in [2.45, 2.75) is 38.2 Å². The first-order valence-electron chi connectivity index (χ1n) is 4.77. The summed E-state index contributed by atoms with van der Waals surface area (Å²) in [6.45, 7) is 5.28. The second-order valence-corrected chi connectivity index (χ2v) is 3.17. The highest BCUT2D eigenvalue weighted by molar-refractivity contribution is 4.65. The number of hydrogen-bond acceptors (Lipinski definition) is 2. The molecule has 0 aromatic carbocycles. The summed E-state index contributed by atoms with van der Waals surface area (Å²) in [5.74, 6) is 0. The Kier molecular flexibility index (Phi) is 4.85. The van der Waals surface area contributed by atoms with Crippen LogP contribution in [-0.2, 0) is 9.47 Å². The molecule has 1 aliphatic heterocycles. The van der Waals surface area contributed by atoms with Gasteiger partial charge in [0.15, 0.2) is 0 Å². The van der Waals surface area contributed by atoms with Gasteiger partial charge in [0.1, 0.15) is 0 Å². The fraction of sp³-hybridized carbons (Fsp3) is 0.800. The summed E-state index contributed by atoms with van der Waals surface area (Å²) in [5.41, 5.74) is 0. The van der Waals surface area contributed by atoms with Crippen molar-refractivity contribution in [3.8, 4) is 0 Å². The smallest absolute Gasteiger partial charge is 0.0873 e. The van der Waals surface area contributed by atoms with Gasteiger partial charge in [-0.1, -0.05) is 13.0 Å². The van der Waals surface area contributed by atoms with Crippen molar-refractivity contribution in [2.75, 3.05) is 13.2 Å². The summed E-state index contributed by atoms with van der Waals surface area (Å²) < 4.78 is 10.3. The molecule has 0 aromatic rings. The van der Waals surface area contributed by atoms with E-state index in [1.807, 2.05) is 0 Å². The van der Waals surface area contributed by atoms with Crippen LogP contribution in [0.1, 0.15) is 32.1 Å². The second-order valence-electron chi connectivity index (χ2n) is 3.17. The van der Waals surface area contributed by atoms with Crippen molar-refractivity contribution in [1.29, 1.82) is 0 Å². The first-order chi connectivity index (χ1) is 5.93. The Bertz CT molecular complexity index is 119. The number of unbranched alkanes of at least 4 members (excludes halogenated alkanes) is 2. The van der Waals surface area contributed by atoms with Gasteiger partial charge in [-0.25, -0.2) is 0 Å². The predicted octanol–water partition coefficient (Wildman–Crippen LogP) is 2.50. The SMILES string of the molecule is C=COCCCCCC1CCO1. The molecular weight excluding hydrogens is 152 g/mol. The van der Waals surface area contributed by atoms with E-state index in [2.05, 4.69) is 6.58 Å². The van der Waals surface area contributed by atoms with Crippen LogP contribution in [0.2, 0.25) is 0 Å². The molecule has 1 rings (SSSR count). The third kappa shape index (κ3) is 3.77. The van der Waals surface area contributed by atoms with Crippen molar-refractivity contribution >= 4 is 0 Å².